The van der Waals surface area contributed by atoms with Crippen LogP contribution < -0.4 is 4.74 Å². The van der Waals surface area contributed by atoms with Gasteiger partial charge in [-0.3, -0.25) is 4.68 Å². The number of fused-ring (bicyclic) bond motifs is 1. The molecule has 0 aliphatic rings. The molecule has 0 atom stereocenters. The molecule has 1 aromatic carbocycles. The number of hydrogen-bond acceptors (Lipinski definition) is 5. The zero-order valence-corrected chi connectivity index (χ0v) is 13.9. The summed E-state index contributed by atoms with van der Waals surface area (Å²) in [6, 6.07) is 10.5. The van der Waals surface area contributed by atoms with E-state index in [0.29, 0.717) is 18.3 Å². The Balaban J connectivity index is 1.57. The van der Waals surface area contributed by atoms with Gasteiger partial charge in [0.1, 0.15) is 6.61 Å². The Labute approximate surface area is 148 Å². The summed E-state index contributed by atoms with van der Waals surface area (Å²) < 4.78 is 9.09. The largest absolute Gasteiger partial charge is 0.478 e. The van der Waals surface area contributed by atoms with Crippen LogP contribution in [0.1, 0.15) is 15.9 Å². The predicted molar refractivity (Wildman–Crippen MR) is 93.4 cm³/mol. The fraction of sp³-hybridized carbons (Fsp3) is 0.111. The molecule has 0 radical (unpaired) electrons. The molecule has 3 heterocycles. The molecule has 4 rings (SSSR count). The average Bonchev–Trinajstić information content (AvgIpc) is 3.24. The highest BCUT2D eigenvalue weighted by atomic mass is 16.5. The number of rotatable bonds is 5. The molecule has 0 aliphatic carbocycles. The summed E-state index contributed by atoms with van der Waals surface area (Å²) in [4.78, 5) is 15.3. The number of carbonyl (C=O) groups is 1. The maximum Gasteiger partial charge on any atom is 0.335 e. The highest BCUT2D eigenvalue weighted by Gasteiger charge is 2.11. The second-order valence-electron chi connectivity index (χ2n) is 5.77. The van der Waals surface area contributed by atoms with Gasteiger partial charge in [0.25, 0.3) is 0 Å². The Morgan fingerprint density at radius 2 is 2.08 bits per heavy atom. The van der Waals surface area contributed by atoms with E-state index >= 15 is 0 Å². The van der Waals surface area contributed by atoms with E-state index in [4.69, 9.17) is 9.84 Å². The van der Waals surface area contributed by atoms with Crippen molar-refractivity contribution in [3.8, 4) is 11.7 Å². The molecule has 26 heavy (non-hydrogen) atoms. The van der Waals surface area contributed by atoms with Gasteiger partial charge in [0.15, 0.2) is 5.82 Å². The quantitative estimate of drug-likeness (QED) is 0.594. The van der Waals surface area contributed by atoms with Crippen LogP contribution in [0.2, 0.25) is 0 Å². The van der Waals surface area contributed by atoms with Crippen molar-refractivity contribution in [2.45, 2.75) is 6.61 Å². The Kier molecular flexibility index (Phi) is 3.85. The van der Waals surface area contributed by atoms with E-state index in [2.05, 4.69) is 15.2 Å². The van der Waals surface area contributed by atoms with Crippen molar-refractivity contribution < 1.29 is 14.6 Å². The number of carboxylic acids is 1. The summed E-state index contributed by atoms with van der Waals surface area (Å²) in [7, 11) is 1.88. The van der Waals surface area contributed by atoms with Crippen LogP contribution in [-0.2, 0) is 13.7 Å². The van der Waals surface area contributed by atoms with Gasteiger partial charge >= 0.3 is 5.97 Å². The van der Waals surface area contributed by atoms with Crippen LogP contribution in [0.15, 0.2) is 55.0 Å². The third-order valence-electron chi connectivity index (χ3n) is 3.89. The molecular formula is C18H15N5O3. The molecule has 0 bridgehead atoms. The molecule has 4 aromatic rings. The highest BCUT2D eigenvalue weighted by molar-refractivity contribution is 5.87. The number of aromatic nitrogens is 5. The highest BCUT2D eigenvalue weighted by Crippen LogP contribution is 2.19. The second kappa shape index (κ2) is 6.32. The lowest BCUT2D eigenvalue weighted by Crippen LogP contribution is -2.06. The summed E-state index contributed by atoms with van der Waals surface area (Å²) in [6.07, 6.45) is 4.96. The topological polar surface area (TPSA) is 95.1 Å². The van der Waals surface area contributed by atoms with Gasteiger partial charge in [0.05, 0.1) is 17.3 Å². The third kappa shape index (κ3) is 3.00. The Hall–Kier alpha value is -3.68. The molecule has 0 saturated heterocycles. The third-order valence-corrected chi connectivity index (χ3v) is 3.89. The van der Waals surface area contributed by atoms with Gasteiger partial charge in [-0.1, -0.05) is 12.1 Å². The molecule has 0 fully saturated rings. The van der Waals surface area contributed by atoms with Crippen molar-refractivity contribution in [3.05, 3.63) is 66.1 Å². The minimum absolute atomic E-state index is 0.136. The van der Waals surface area contributed by atoms with Crippen LogP contribution in [0.5, 0.6) is 5.88 Å². The van der Waals surface area contributed by atoms with Crippen LogP contribution in [0.4, 0.5) is 0 Å². The van der Waals surface area contributed by atoms with Gasteiger partial charge in [0, 0.05) is 30.9 Å². The Morgan fingerprint density at radius 1 is 1.19 bits per heavy atom. The van der Waals surface area contributed by atoms with Crippen molar-refractivity contribution in [1.82, 2.24) is 24.5 Å². The SMILES string of the molecule is Cn1cc2ccc(COc3ccnn3-c3cc(C(=O)O)ccn3)cc2n1. The normalized spacial score (nSPS) is 11.0. The summed E-state index contributed by atoms with van der Waals surface area (Å²) in [5.41, 5.74) is 2.01. The average molecular weight is 349 g/mol. The van der Waals surface area contributed by atoms with E-state index in [1.165, 1.54) is 23.0 Å². The van der Waals surface area contributed by atoms with Crippen molar-refractivity contribution in [3.63, 3.8) is 0 Å². The first-order chi connectivity index (χ1) is 12.6. The smallest absolute Gasteiger partial charge is 0.335 e. The zero-order valence-electron chi connectivity index (χ0n) is 13.9. The molecule has 0 amide bonds. The Morgan fingerprint density at radius 3 is 2.92 bits per heavy atom. The van der Waals surface area contributed by atoms with Gasteiger partial charge in [-0.2, -0.15) is 14.9 Å². The summed E-state index contributed by atoms with van der Waals surface area (Å²) in [6.45, 7) is 0.330. The number of carboxylic acid groups (broad SMARTS) is 1. The van der Waals surface area contributed by atoms with Gasteiger partial charge in [0.2, 0.25) is 5.88 Å². The first kappa shape index (κ1) is 15.8. The van der Waals surface area contributed by atoms with Crippen molar-refractivity contribution in [1.29, 1.82) is 0 Å². The van der Waals surface area contributed by atoms with Crippen molar-refractivity contribution in [2.75, 3.05) is 0 Å². The molecule has 0 spiro atoms. The molecule has 8 heteroatoms. The number of ether oxygens (including phenoxy) is 1. The minimum atomic E-state index is -1.02. The number of nitrogens with zero attached hydrogens (tertiary/aromatic N) is 5. The summed E-state index contributed by atoms with van der Waals surface area (Å²) in [5.74, 6) is -0.168. The van der Waals surface area contributed by atoms with Gasteiger partial charge in [-0.15, -0.1) is 0 Å². The van der Waals surface area contributed by atoms with Crippen LogP contribution in [-0.4, -0.2) is 35.6 Å². The standard InChI is InChI=1S/C18H15N5O3/c1-22-10-14-3-2-12(8-15(14)21-22)11-26-17-5-7-20-23(17)16-9-13(18(24)25)4-6-19-16/h2-10H,11H2,1H3,(H,24,25). The van der Waals surface area contributed by atoms with Crippen molar-refractivity contribution in [2.24, 2.45) is 7.05 Å². The predicted octanol–water partition coefficient (Wildman–Crippen LogP) is 2.43. The van der Waals surface area contributed by atoms with Crippen LogP contribution in [0.3, 0.4) is 0 Å². The lowest BCUT2D eigenvalue weighted by atomic mass is 10.2. The minimum Gasteiger partial charge on any atom is -0.478 e. The molecule has 0 unspecified atom stereocenters. The van der Waals surface area contributed by atoms with Crippen LogP contribution in [0.25, 0.3) is 16.7 Å². The first-order valence-corrected chi connectivity index (χ1v) is 7.89. The summed E-state index contributed by atoms with van der Waals surface area (Å²) >= 11 is 0. The molecule has 0 aliphatic heterocycles. The lowest BCUT2D eigenvalue weighted by Gasteiger charge is -2.09. The number of pyridine rings is 1. The second-order valence-corrected chi connectivity index (χ2v) is 5.77. The van der Waals surface area contributed by atoms with Gasteiger partial charge < -0.3 is 9.84 Å². The zero-order chi connectivity index (χ0) is 18.1. The van der Waals surface area contributed by atoms with Crippen molar-refractivity contribution >= 4 is 16.9 Å². The maximum atomic E-state index is 11.1. The summed E-state index contributed by atoms with van der Waals surface area (Å²) in [5, 5.41) is 18.7. The molecule has 1 N–H and O–H groups in total. The number of hydrogen-bond donors (Lipinski definition) is 1. The van der Waals surface area contributed by atoms with E-state index < -0.39 is 5.97 Å². The maximum absolute atomic E-state index is 11.1. The first-order valence-electron chi connectivity index (χ1n) is 7.89. The lowest BCUT2D eigenvalue weighted by molar-refractivity contribution is 0.0696. The molecule has 0 saturated carbocycles. The van der Waals surface area contributed by atoms with Crippen LogP contribution >= 0.6 is 0 Å². The van der Waals surface area contributed by atoms with E-state index in [1.807, 2.05) is 31.4 Å². The fourth-order valence-electron chi connectivity index (χ4n) is 2.67. The number of aryl methyl sites for hydroxylation is 1. The van der Waals surface area contributed by atoms with Crippen LogP contribution in [0, 0.1) is 0 Å². The fourth-order valence-corrected chi connectivity index (χ4v) is 2.67. The van der Waals surface area contributed by atoms with E-state index in [-0.39, 0.29) is 5.56 Å². The number of aromatic carboxylic acids is 1. The molecule has 130 valence electrons. The Bertz CT molecular complexity index is 1100. The van der Waals surface area contributed by atoms with E-state index in [1.54, 1.807) is 16.9 Å². The molecule has 3 aromatic heterocycles. The van der Waals surface area contributed by atoms with E-state index in [0.717, 1.165) is 16.5 Å². The molecular weight excluding hydrogens is 334 g/mol. The molecule has 8 nitrogen and oxygen atoms in total. The van der Waals surface area contributed by atoms with Gasteiger partial charge in [-0.25, -0.2) is 9.78 Å². The monoisotopic (exact) mass is 349 g/mol. The van der Waals surface area contributed by atoms with Gasteiger partial charge in [-0.05, 0) is 23.8 Å². The number of benzene rings is 1. The van der Waals surface area contributed by atoms with E-state index in [9.17, 15) is 4.79 Å².